The Morgan fingerprint density at radius 1 is 1.21 bits per heavy atom. The van der Waals surface area contributed by atoms with Crippen molar-refractivity contribution in [2.24, 2.45) is 0 Å². The first-order valence-electron chi connectivity index (χ1n) is 7.55. The Kier molecular flexibility index (Phi) is 3.18. The highest BCUT2D eigenvalue weighted by atomic mass is 16.3. The predicted molar refractivity (Wildman–Crippen MR) is 78.2 cm³/mol. The molecule has 1 aromatic rings. The number of hydrogen-bond acceptors (Lipinski definition) is 2. The van der Waals surface area contributed by atoms with Crippen LogP contribution < -0.4 is 5.32 Å². The molecule has 0 spiro atoms. The summed E-state index contributed by atoms with van der Waals surface area (Å²) in [7, 11) is 0. The summed E-state index contributed by atoms with van der Waals surface area (Å²) in [5.74, 6) is 0. The molecule has 0 aliphatic heterocycles. The molecule has 1 saturated carbocycles. The zero-order valence-electron chi connectivity index (χ0n) is 12.1. The minimum atomic E-state index is -0.429. The van der Waals surface area contributed by atoms with Crippen molar-refractivity contribution in [3.8, 4) is 0 Å². The topological polar surface area (TPSA) is 32.3 Å². The van der Waals surface area contributed by atoms with Gasteiger partial charge in [-0.15, -0.1) is 0 Å². The van der Waals surface area contributed by atoms with Crippen LogP contribution in [0.2, 0.25) is 0 Å². The largest absolute Gasteiger partial charge is 0.389 e. The molecule has 0 saturated heterocycles. The van der Waals surface area contributed by atoms with Crippen molar-refractivity contribution >= 4 is 0 Å². The van der Waals surface area contributed by atoms with Gasteiger partial charge in [0, 0.05) is 12.6 Å². The van der Waals surface area contributed by atoms with Crippen molar-refractivity contribution in [2.45, 2.75) is 63.0 Å². The van der Waals surface area contributed by atoms with Crippen LogP contribution in [0.1, 0.15) is 63.1 Å². The summed E-state index contributed by atoms with van der Waals surface area (Å²) < 4.78 is 0. The number of benzene rings is 1. The maximum Gasteiger partial charge on any atom is 0.0771 e. The van der Waals surface area contributed by atoms with Crippen molar-refractivity contribution < 1.29 is 5.11 Å². The Morgan fingerprint density at radius 2 is 1.95 bits per heavy atom. The summed E-state index contributed by atoms with van der Waals surface area (Å²) in [5, 5.41) is 13.8. The van der Waals surface area contributed by atoms with Gasteiger partial charge in [-0.05, 0) is 48.6 Å². The molecule has 1 unspecified atom stereocenters. The molecule has 0 bridgehead atoms. The molecule has 0 radical (unpaired) electrons. The molecule has 1 fully saturated rings. The lowest BCUT2D eigenvalue weighted by molar-refractivity contribution is -0.0337. The Hall–Kier alpha value is -0.860. The molecule has 1 aromatic carbocycles. The first-order chi connectivity index (χ1) is 9.00. The van der Waals surface area contributed by atoms with Gasteiger partial charge in [-0.2, -0.15) is 0 Å². The lowest BCUT2D eigenvalue weighted by Crippen LogP contribution is -2.47. The second-order valence-electron chi connectivity index (χ2n) is 7.02. The zero-order valence-corrected chi connectivity index (χ0v) is 12.1. The first kappa shape index (κ1) is 13.1. The molecular formula is C17H25NO. The van der Waals surface area contributed by atoms with Gasteiger partial charge in [0.15, 0.2) is 0 Å². The fraction of sp³-hybridized carbons (Fsp3) is 0.647. The van der Waals surface area contributed by atoms with Crippen LogP contribution >= 0.6 is 0 Å². The molecule has 104 valence electrons. The average Bonchev–Trinajstić information content (AvgIpc) is 2.36. The van der Waals surface area contributed by atoms with Crippen molar-refractivity contribution in [2.75, 3.05) is 6.54 Å². The highest BCUT2D eigenvalue weighted by Gasteiger charge is 2.37. The van der Waals surface area contributed by atoms with Gasteiger partial charge < -0.3 is 10.4 Å². The summed E-state index contributed by atoms with van der Waals surface area (Å²) in [4.78, 5) is 0. The Bertz CT molecular complexity index is 462. The molecule has 2 aliphatic rings. The summed E-state index contributed by atoms with van der Waals surface area (Å²) in [6.45, 7) is 5.41. The molecule has 3 rings (SSSR count). The molecular weight excluding hydrogens is 234 g/mol. The molecule has 0 aromatic heterocycles. The fourth-order valence-electron chi connectivity index (χ4n) is 3.50. The quantitative estimate of drug-likeness (QED) is 0.873. The minimum absolute atomic E-state index is 0.280. The first-order valence-corrected chi connectivity index (χ1v) is 7.55. The van der Waals surface area contributed by atoms with E-state index < -0.39 is 5.60 Å². The molecule has 1 atom stereocenters. The van der Waals surface area contributed by atoms with Gasteiger partial charge >= 0.3 is 0 Å². The van der Waals surface area contributed by atoms with Gasteiger partial charge in [-0.1, -0.05) is 38.1 Å². The molecule has 2 nitrogen and oxygen atoms in total. The van der Waals surface area contributed by atoms with Crippen LogP contribution in [-0.4, -0.2) is 17.3 Å². The van der Waals surface area contributed by atoms with E-state index in [4.69, 9.17) is 0 Å². The summed E-state index contributed by atoms with van der Waals surface area (Å²) in [6, 6.07) is 9.20. The smallest absolute Gasteiger partial charge is 0.0771 e. The standard InChI is InChI=1S/C17H25NO/c1-16(2)11-8-15(13-6-3-4-7-14(13)16)18-12-17(19)9-5-10-17/h3-4,6-7,15,18-19H,5,8-12H2,1-2H3. The third kappa shape index (κ3) is 2.44. The predicted octanol–water partition coefficient (Wildman–Crippen LogP) is 3.30. The highest BCUT2D eigenvalue weighted by Crippen LogP contribution is 2.41. The molecule has 2 aliphatic carbocycles. The highest BCUT2D eigenvalue weighted by molar-refractivity contribution is 5.38. The molecule has 0 amide bonds. The minimum Gasteiger partial charge on any atom is -0.389 e. The zero-order chi connectivity index (χ0) is 13.5. The Balaban J connectivity index is 1.77. The van der Waals surface area contributed by atoms with Gasteiger partial charge in [0.1, 0.15) is 0 Å². The molecule has 19 heavy (non-hydrogen) atoms. The van der Waals surface area contributed by atoms with Crippen molar-refractivity contribution in [3.05, 3.63) is 35.4 Å². The van der Waals surface area contributed by atoms with E-state index in [1.54, 1.807) is 0 Å². The van der Waals surface area contributed by atoms with Crippen molar-refractivity contribution in [1.82, 2.24) is 5.32 Å². The molecule has 0 heterocycles. The number of aliphatic hydroxyl groups is 1. The SMILES string of the molecule is CC1(C)CCC(NCC2(O)CCC2)c2ccccc21. The van der Waals surface area contributed by atoms with E-state index in [0.29, 0.717) is 6.04 Å². The summed E-state index contributed by atoms with van der Waals surface area (Å²) in [6.07, 6.45) is 5.46. The number of rotatable bonds is 3. The summed E-state index contributed by atoms with van der Waals surface area (Å²) >= 11 is 0. The van der Waals surface area contributed by atoms with E-state index in [0.717, 1.165) is 19.4 Å². The lowest BCUT2D eigenvalue weighted by Gasteiger charge is -2.41. The number of hydrogen-bond donors (Lipinski definition) is 2. The fourth-order valence-corrected chi connectivity index (χ4v) is 3.50. The second kappa shape index (κ2) is 4.60. The van der Waals surface area contributed by atoms with Crippen molar-refractivity contribution in [3.63, 3.8) is 0 Å². The van der Waals surface area contributed by atoms with Gasteiger partial charge in [0.05, 0.1) is 5.60 Å². The van der Waals surface area contributed by atoms with E-state index >= 15 is 0 Å². The average molecular weight is 259 g/mol. The van der Waals surface area contributed by atoms with E-state index in [1.807, 2.05) is 0 Å². The van der Waals surface area contributed by atoms with Crippen LogP contribution in [-0.2, 0) is 5.41 Å². The van der Waals surface area contributed by atoms with Crippen molar-refractivity contribution in [1.29, 1.82) is 0 Å². The van der Waals surface area contributed by atoms with Crippen LogP contribution in [0.5, 0.6) is 0 Å². The third-order valence-electron chi connectivity index (χ3n) is 5.09. The maximum atomic E-state index is 10.2. The van der Waals surface area contributed by atoms with Crippen LogP contribution in [0.3, 0.4) is 0 Å². The van der Waals surface area contributed by atoms with Gasteiger partial charge in [-0.25, -0.2) is 0 Å². The van der Waals surface area contributed by atoms with Gasteiger partial charge in [-0.3, -0.25) is 0 Å². The number of nitrogens with one attached hydrogen (secondary N) is 1. The maximum absolute atomic E-state index is 10.2. The van der Waals surface area contributed by atoms with Gasteiger partial charge in [0.25, 0.3) is 0 Å². The van der Waals surface area contributed by atoms with E-state index in [1.165, 1.54) is 30.4 Å². The second-order valence-corrected chi connectivity index (χ2v) is 7.02. The van der Waals surface area contributed by atoms with E-state index in [-0.39, 0.29) is 5.41 Å². The summed E-state index contributed by atoms with van der Waals surface area (Å²) in [5.41, 5.74) is 2.75. The molecule has 2 N–H and O–H groups in total. The van der Waals surface area contributed by atoms with Gasteiger partial charge in [0.2, 0.25) is 0 Å². The van der Waals surface area contributed by atoms with Crippen LogP contribution in [0, 0.1) is 0 Å². The Morgan fingerprint density at radius 3 is 2.63 bits per heavy atom. The van der Waals surface area contributed by atoms with Crippen LogP contribution in [0.15, 0.2) is 24.3 Å². The third-order valence-corrected chi connectivity index (χ3v) is 5.09. The Labute approximate surface area is 116 Å². The monoisotopic (exact) mass is 259 g/mol. The molecule has 2 heteroatoms. The van der Waals surface area contributed by atoms with E-state index in [9.17, 15) is 5.11 Å². The lowest BCUT2D eigenvalue weighted by atomic mass is 9.71. The van der Waals surface area contributed by atoms with Crippen LogP contribution in [0.4, 0.5) is 0 Å². The van der Waals surface area contributed by atoms with E-state index in [2.05, 4.69) is 43.4 Å². The van der Waals surface area contributed by atoms with Crippen LogP contribution in [0.25, 0.3) is 0 Å². The normalized spacial score (nSPS) is 27.4. The number of fused-ring (bicyclic) bond motifs is 1.